The number of rotatable bonds is 5. The van der Waals surface area contributed by atoms with E-state index in [0.29, 0.717) is 6.54 Å². The van der Waals surface area contributed by atoms with E-state index in [4.69, 9.17) is 5.11 Å². The Morgan fingerprint density at radius 2 is 2.27 bits per heavy atom. The van der Waals surface area contributed by atoms with Gasteiger partial charge in [-0.05, 0) is 24.9 Å². The van der Waals surface area contributed by atoms with Gasteiger partial charge < -0.3 is 19.3 Å². The number of aliphatic hydroxyl groups is 1. The number of aromatic carboxylic acids is 1. The van der Waals surface area contributed by atoms with Crippen LogP contribution in [0.3, 0.4) is 0 Å². The van der Waals surface area contributed by atoms with Crippen LogP contribution in [0.4, 0.5) is 0 Å². The highest BCUT2D eigenvalue weighted by molar-refractivity contribution is 7.97. The van der Waals surface area contributed by atoms with Gasteiger partial charge in [-0.1, -0.05) is 0 Å². The van der Waals surface area contributed by atoms with Crippen molar-refractivity contribution in [1.29, 1.82) is 0 Å². The molecule has 3 rings (SSSR count). The first-order valence-electron chi connectivity index (χ1n) is 7.06. The number of nitrogens with zero attached hydrogens (tertiary/aromatic N) is 4. The van der Waals surface area contributed by atoms with Crippen LogP contribution in [0.2, 0.25) is 0 Å². The minimum atomic E-state index is -0.972. The van der Waals surface area contributed by atoms with Crippen LogP contribution < -0.4 is 0 Å². The lowest BCUT2D eigenvalue weighted by atomic mass is 10.4. The Labute approximate surface area is 132 Å². The zero-order chi connectivity index (χ0) is 15.7. The molecule has 0 unspecified atom stereocenters. The molecule has 0 amide bonds. The average molecular weight is 322 g/mol. The fourth-order valence-corrected chi connectivity index (χ4v) is 3.71. The molecule has 7 nitrogen and oxygen atoms in total. The maximum Gasteiger partial charge on any atom is 0.352 e. The molecule has 0 fully saturated rings. The largest absolute Gasteiger partial charge is 0.477 e. The summed E-state index contributed by atoms with van der Waals surface area (Å²) < 4.78 is 5.98. The molecule has 1 aliphatic rings. The lowest BCUT2D eigenvalue weighted by Crippen LogP contribution is -2.27. The van der Waals surface area contributed by atoms with Crippen molar-refractivity contribution in [3.63, 3.8) is 0 Å². The molecule has 0 atom stereocenters. The van der Waals surface area contributed by atoms with Gasteiger partial charge in [-0.15, -0.1) is 0 Å². The molecule has 1 aliphatic heterocycles. The summed E-state index contributed by atoms with van der Waals surface area (Å²) in [5.74, 6) is -0.972. The van der Waals surface area contributed by atoms with Crippen molar-refractivity contribution >= 4 is 17.9 Å². The van der Waals surface area contributed by atoms with Crippen LogP contribution in [0, 0.1) is 6.92 Å². The van der Waals surface area contributed by atoms with Crippen molar-refractivity contribution in [1.82, 2.24) is 18.4 Å². The molecule has 3 heterocycles. The Kier molecular flexibility index (Phi) is 4.23. The van der Waals surface area contributed by atoms with Crippen LogP contribution in [0.1, 0.15) is 21.9 Å². The van der Waals surface area contributed by atoms with Crippen molar-refractivity contribution in [3.8, 4) is 0 Å². The minimum absolute atomic E-state index is 0.0805. The third-order valence-corrected chi connectivity index (χ3v) is 5.00. The molecule has 0 bridgehead atoms. The van der Waals surface area contributed by atoms with E-state index in [1.54, 1.807) is 22.6 Å². The van der Waals surface area contributed by atoms with Crippen molar-refractivity contribution in [2.24, 2.45) is 0 Å². The molecule has 22 heavy (non-hydrogen) atoms. The van der Waals surface area contributed by atoms with Crippen molar-refractivity contribution in [3.05, 3.63) is 35.7 Å². The van der Waals surface area contributed by atoms with E-state index in [0.717, 1.165) is 35.9 Å². The zero-order valence-corrected chi connectivity index (χ0v) is 13.1. The van der Waals surface area contributed by atoms with E-state index in [1.165, 1.54) is 0 Å². The Morgan fingerprint density at radius 1 is 1.45 bits per heavy atom. The molecular formula is C14H18N4O3S. The molecule has 2 aromatic heterocycles. The molecule has 2 N–H and O–H groups in total. The Bertz CT molecular complexity index is 694. The molecule has 0 aromatic carbocycles. The van der Waals surface area contributed by atoms with Gasteiger partial charge in [0.25, 0.3) is 0 Å². The van der Waals surface area contributed by atoms with E-state index >= 15 is 0 Å². The zero-order valence-electron chi connectivity index (χ0n) is 12.3. The van der Waals surface area contributed by atoms with Crippen LogP contribution >= 0.6 is 11.9 Å². The molecule has 0 saturated heterocycles. The second-order valence-electron chi connectivity index (χ2n) is 5.19. The highest BCUT2D eigenvalue weighted by Crippen LogP contribution is 2.31. The maximum absolute atomic E-state index is 11.3. The Balaban J connectivity index is 1.81. The molecule has 2 aromatic rings. The summed E-state index contributed by atoms with van der Waals surface area (Å²) in [4.78, 5) is 16.4. The second kappa shape index (κ2) is 6.15. The fourth-order valence-electron chi connectivity index (χ4n) is 2.66. The number of carboxylic acid groups (broad SMARTS) is 1. The van der Waals surface area contributed by atoms with E-state index < -0.39 is 5.97 Å². The highest BCUT2D eigenvalue weighted by Gasteiger charge is 2.22. The lowest BCUT2D eigenvalue weighted by Gasteiger charge is -2.26. The number of carboxylic acids is 1. The number of hydrogen-bond acceptors (Lipinski definition) is 5. The van der Waals surface area contributed by atoms with E-state index in [2.05, 4.69) is 13.9 Å². The quantitative estimate of drug-likeness (QED) is 0.805. The average Bonchev–Trinajstić information content (AvgIpc) is 3.06. The van der Waals surface area contributed by atoms with Gasteiger partial charge in [0.2, 0.25) is 0 Å². The van der Waals surface area contributed by atoms with Gasteiger partial charge in [0.05, 0.1) is 25.2 Å². The van der Waals surface area contributed by atoms with Crippen molar-refractivity contribution < 1.29 is 15.0 Å². The van der Waals surface area contributed by atoms with Crippen LogP contribution in [-0.2, 0) is 19.6 Å². The van der Waals surface area contributed by atoms with Gasteiger partial charge in [0.15, 0.2) is 0 Å². The van der Waals surface area contributed by atoms with Crippen LogP contribution in [0.15, 0.2) is 23.5 Å². The summed E-state index contributed by atoms with van der Waals surface area (Å²) in [5.41, 5.74) is 2.25. The van der Waals surface area contributed by atoms with Gasteiger partial charge in [0.1, 0.15) is 5.69 Å². The Hall–Kier alpha value is -1.77. The molecule has 8 heteroatoms. The predicted molar refractivity (Wildman–Crippen MR) is 81.7 cm³/mol. The number of aromatic nitrogens is 3. The highest BCUT2D eigenvalue weighted by atomic mass is 32.2. The first-order chi connectivity index (χ1) is 10.6. The first-order valence-corrected chi connectivity index (χ1v) is 7.83. The smallest absolute Gasteiger partial charge is 0.352 e. The summed E-state index contributed by atoms with van der Waals surface area (Å²) in [6.07, 6.45) is 3.70. The maximum atomic E-state index is 11.3. The topological polar surface area (TPSA) is 83.5 Å². The summed E-state index contributed by atoms with van der Waals surface area (Å²) in [7, 11) is 0. The third kappa shape index (κ3) is 2.77. The normalized spacial score (nSPS) is 15.0. The van der Waals surface area contributed by atoms with Crippen molar-refractivity contribution in [2.75, 3.05) is 13.2 Å². The number of fused-ring (bicyclic) bond motifs is 1. The van der Waals surface area contributed by atoms with Crippen molar-refractivity contribution in [2.45, 2.75) is 31.5 Å². The third-order valence-electron chi connectivity index (χ3n) is 3.82. The van der Waals surface area contributed by atoms with Gasteiger partial charge in [0, 0.05) is 36.4 Å². The van der Waals surface area contributed by atoms with Gasteiger partial charge in [-0.3, -0.25) is 0 Å². The van der Waals surface area contributed by atoms with E-state index in [-0.39, 0.29) is 12.3 Å². The van der Waals surface area contributed by atoms with Crippen LogP contribution in [0.25, 0.3) is 0 Å². The second-order valence-corrected chi connectivity index (χ2v) is 6.33. The SMILES string of the molecule is Cc1c(SN2CCn3cncc3C2)cc(C(=O)O)n1CCO. The van der Waals surface area contributed by atoms with Gasteiger partial charge >= 0.3 is 5.97 Å². The Morgan fingerprint density at radius 3 is 3.00 bits per heavy atom. The monoisotopic (exact) mass is 322 g/mol. The van der Waals surface area contributed by atoms with E-state index in [9.17, 15) is 9.90 Å². The predicted octanol–water partition coefficient (Wildman–Crippen LogP) is 1.21. The summed E-state index contributed by atoms with van der Waals surface area (Å²) in [5, 5.41) is 18.4. The number of carbonyl (C=O) groups is 1. The molecule has 118 valence electrons. The lowest BCUT2D eigenvalue weighted by molar-refractivity contribution is 0.0683. The standard InChI is InChI=1S/C14H18N4O3S/c1-10-13(6-12(14(20)21)18(10)4-5-19)22-17-3-2-16-9-15-7-11(16)8-17/h6-7,9,19H,2-5,8H2,1H3,(H,20,21). The summed E-state index contributed by atoms with van der Waals surface area (Å²) in [6.45, 7) is 4.63. The number of hydrogen-bond donors (Lipinski definition) is 2. The summed E-state index contributed by atoms with van der Waals surface area (Å²) in [6, 6.07) is 1.68. The minimum Gasteiger partial charge on any atom is -0.477 e. The molecule has 0 radical (unpaired) electrons. The van der Waals surface area contributed by atoms with Crippen LogP contribution in [0.5, 0.6) is 0 Å². The van der Waals surface area contributed by atoms with Gasteiger partial charge in [-0.2, -0.15) is 0 Å². The number of imidazole rings is 1. The van der Waals surface area contributed by atoms with Gasteiger partial charge in [-0.25, -0.2) is 14.1 Å². The molecule has 0 spiro atoms. The molecule has 0 aliphatic carbocycles. The molecular weight excluding hydrogens is 304 g/mol. The number of aliphatic hydroxyl groups excluding tert-OH is 1. The summed E-state index contributed by atoms with van der Waals surface area (Å²) >= 11 is 1.56. The molecule has 0 saturated carbocycles. The first kappa shape index (κ1) is 15.1. The van der Waals surface area contributed by atoms with E-state index in [1.807, 2.05) is 19.4 Å². The van der Waals surface area contributed by atoms with Crippen LogP contribution in [-0.4, -0.2) is 47.8 Å². The fraction of sp³-hybridized carbons (Fsp3) is 0.429.